The Morgan fingerprint density at radius 2 is 1.96 bits per heavy atom. The molecule has 1 amide bonds. The second-order valence-electron chi connectivity index (χ2n) is 6.73. The number of amides is 1. The second kappa shape index (κ2) is 7.67. The van der Waals surface area contributed by atoms with Crippen molar-refractivity contribution in [2.75, 3.05) is 24.6 Å². The van der Waals surface area contributed by atoms with Gasteiger partial charge < -0.3 is 10.6 Å². The van der Waals surface area contributed by atoms with Crippen LogP contribution in [0.3, 0.4) is 0 Å². The number of benzene rings is 1. The topological polar surface area (TPSA) is 99.0 Å². The van der Waals surface area contributed by atoms with Crippen LogP contribution in [0, 0.1) is 0 Å². The number of anilines is 1. The fourth-order valence-electron chi connectivity index (χ4n) is 3.14. The summed E-state index contributed by atoms with van der Waals surface area (Å²) in [5.41, 5.74) is 7.39. The van der Waals surface area contributed by atoms with Crippen LogP contribution in [0.1, 0.15) is 25.3 Å². The monoisotopic (exact) mass is 398 g/mol. The lowest BCUT2D eigenvalue weighted by Gasteiger charge is -2.30. The molecule has 8 nitrogen and oxygen atoms in total. The molecule has 2 aromatic heterocycles. The highest BCUT2D eigenvalue weighted by Crippen LogP contribution is 2.24. The van der Waals surface area contributed by atoms with Gasteiger partial charge in [-0.15, -0.1) is 0 Å². The van der Waals surface area contributed by atoms with Crippen molar-refractivity contribution >= 4 is 34.8 Å². The third kappa shape index (κ3) is 3.26. The van der Waals surface area contributed by atoms with Gasteiger partial charge in [0, 0.05) is 18.8 Å². The number of nitrogens with two attached hydrogens (primary N) is 1. The molecule has 0 bridgehead atoms. The standard InChI is InChI=1S/C19H22N6O2S/c1-2-11-28-17-21-15(20)14-16(22-17)24(12-13-7-4-3-5-8-13)19(27)25(14)18(26)23-9-6-10-23/h3-5,7-8H,2,6,9-12H2,1H3,(H2,20,21,22). The number of nitrogen functional groups attached to an aromatic ring is 1. The number of aromatic nitrogens is 4. The van der Waals surface area contributed by atoms with Crippen molar-refractivity contribution in [3.8, 4) is 0 Å². The van der Waals surface area contributed by atoms with Gasteiger partial charge in [-0.1, -0.05) is 49.0 Å². The van der Waals surface area contributed by atoms with E-state index in [1.807, 2.05) is 30.3 Å². The lowest BCUT2D eigenvalue weighted by atomic mass is 10.2. The van der Waals surface area contributed by atoms with Crippen molar-refractivity contribution in [3.05, 3.63) is 46.4 Å². The highest BCUT2D eigenvalue weighted by atomic mass is 32.2. The van der Waals surface area contributed by atoms with E-state index in [1.54, 1.807) is 4.90 Å². The molecule has 0 atom stereocenters. The predicted molar refractivity (Wildman–Crippen MR) is 110 cm³/mol. The van der Waals surface area contributed by atoms with E-state index in [0.29, 0.717) is 36.0 Å². The molecule has 0 radical (unpaired) electrons. The van der Waals surface area contributed by atoms with Crippen molar-refractivity contribution < 1.29 is 4.79 Å². The van der Waals surface area contributed by atoms with Gasteiger partial charge in [-0.25, -0.2) is 24.1 Å². The molecule has 146 valence electrons. The summed E-state index contributed by atoms with van der Waals surface area (Å²) in [4.78, 5) is 36.6. The van der Waals surface area contributed by atoms with Gasteiger partial charge >= 0.3 is 11.7 Å². The molecule has 1 aliphatic rings. The number of rotatable bonds is 5. The Morgan fingerprint density at radius 1 is 1.21 bits per heavy atom. The van der Waals surface area contributed by atoms with E-state index in [0.717, 1.165) is 28.7 Å². The lowest BCUT2D eigenvalue weighted by Crippen LogP contribution is -2.47. The van der Waals surface area contributed by atoms with Crippen molar-refractivity contribution in [3.63, 3.8) is 0 Å². The summed E-state index contributed by atoms with van der Waals surface area (Å²) in [5, 5.41) is 0.516. The van der Waals surface area contributed by atoms with Gasteiger partial charge in [-0.3, -0.25) is 4.57 Å². The van der Waals surface area contributed by atoms with E-state index >= 15 is 0 Å². The summed E-state index contributed by atoms with van der Waals surface area (Å²) in [6, 6.07) is 9.25. The molecule has 1 aromatic carbocycles. The highest BCUT2D eigenvalue weighted by molar-refractivity contribution is 7.99. The molecule has 0 saturated carbocycles. The minimum Gasteiger partial charge on any atom is -0.382 e. The fraction of sp³-hybridized carbons (Fsp3) is 0.368. The van der Waals surface area contributed by atoms with Crippen LogP contribution < -0.4 is 11.4 Å². The molecule has 9 heteroatoms. The van der Waals surface area contributed by atoms with Crippen molar-refractivity contribution in [2.24, 2.45) is 0 Å². The van der Waals surface area contributed by atoms with Gasteiger partial charge in [0.05, 0.1) is 6.54 Å². The number of carbonyl (C=O) groups is 1. The number of likely N-dealkylation sites (tertiary alicyclic amines) is 1. The molecule has 0 aliphatic carbocycles. The van der Waals surface area contributed by atoms with E-state index in [9.17, 15) is 9.59 Å². The van der Waals surface area contributed by atoms with Crippen molar-refractivity contribution in [1.29, 1.82) is 0 Å². The van der Waals surface area contributed by atoms with Crippen LogP contribution in [-0.4, -0.2) is 48.9 Å². The maximum atomic E-state index is 13.2. The van der Waals surface area contributed by atoms with Gasteiger partial charge in [-0.2, -0.15) is 0 Å². The molecule has 2 N–H and O–H groups in total. The Kier molecular flexibility index (Phi) is 5.08. The van der Waals surface area contributed by atoms with Gasteiger partial charge in [0.25, 0.3) is 0 Å². The van der Waals surface area contributed by atoms with E-state index in [1.165, 1.54) is 16.3 Å². The number of hydrogen-bond donors (Lipinski definition) is 1. The first-order valence-corrected chi connectivity index (χ1v) is 10.3. The minimum absolute atomic E-state index is 0.154. The minimum atomic E-state index is -0.436. The van der Waals surface area contributed by atoms with E-state index in [4.69, 9.17) is 5.73 Å². The average Bonchev–Trinajstić information content (AvgIpc) is 2.92. The Morgan fingerprint density at radius 3 is 2.61 bits per heavy atom. The zero-order chi connectivity index (χ0) is 19.7. The lowest BCUT2D eigenvalue weighted by molar-refractivity contribution is 0.169. The molecule has 0 spiro atoms. The number of nitrogens with zero attached hydrogens (tertiary/aromatic N) is 5. The van der Waals surface area contributed by atoms with Crippen molar-refractivity contribution in [2.45, 2.75) is 31.5 Å². The van der Waals surface area contributed by atoms with E-state index in [2.05, 4.69) is 16.9 Å². The first-order chi connectivity index (χ1) is 13.6. The summed E-state index contributed by atoms with van der Waals surface area (Å²) in [6.07, 6.45) is 1.91. The van der Waals surface area contributed by atoms with E-state index < -0.39 is 5.69 Å². The van der Waals surface area contributed by atoms with Crippen LogP contribution in [0.4, 0.5) is 10.6 Å². The molecule has 1 aliphatic heterocycles. The number of thioether (sulfide) groups is 1. The number of hydrogen-bond acceptors (Lipinski definition) is 6. The molecule has 3 heterocycles. The smallest absolute Gasteiger partial charge is 0.339 e. The third-order valence-electron chi connectivity index (χ3n) is 4.71. The zero-order valence-electron chi connectivity index (χ0n) is 15.7. The second-order valence-corrected chi connectivity index (χ2v) is 7.79. The first kappa shape index (κ1) is 18.5. The summed E-state index contributed by atoms with van der Waals surface area (Å²) >= 11 is 1.49. The maximum absolute atomic E-state index is 13.2. The molecule has 1 fully saturated rings. The van der Waals surface area contributed by atoms with Gasteiger partial charge in [0.1, 0.15) is 5.52 Å². The molecule has 0 unspecified atom stereocenters. The largest absolute Gasteiger partial charge is 0.382 e. The molecular weight excluding hydrogens is 376 g/mol. The van der Waals surface area contributed by atoms with Gasteiger partial charge in [-0.05, 0) is 18.4 Å². The zero-order valence-corrected chi connectivity index (χ0v) is 16.5. The SMILES string of the molecule is CCCSc1nc(N)c2c(n1)n(Cc1ccccc1)c(=O)n2C(=O)N1CCC1. The van der Waals surface area contributed by atoms with Crippen molar-refractivity contribution in [1.82, 2.24) is 24.0 Å². The molecular formula is C19H22N6O2S. The Labute approximate surface area is 166 Å². The first-order valence-electron chi connectivity index (χ1n) is 9.35. The van der Waals surface area contributed by atoms with Crippen LogP contribution in [0.5, 0.6) is 0 Å². The third-order valence-corrected chi connectivity index (χ3v) is 5.76. The van der Waals surface area contributed by atoms with Crippen LogP contribution in [-0.2, 0) is 6.54 Å². The van der Waals surface area contributed by atoms with Crippen LogP contribution >= 0.6 is 11.8 Å². The molecule has 1 saturated heterocycles. The quantitative estimate of drug-likeness (QED) is 0.523. The average molecular weight is 398 g/mol. The van der Waals surface area contributed by atoms with Crippen LogP contribution in [0.2, 0.25) is 0 Å². The Balaban J connectivity index is 1.89. The molecule has 4 rings (SSSR count). The molecule has 3 aromatic rings. The summed E-state index contributed by atoms with van der Waals surface area (Å²) in [7, 11) is 0. The predicted octanol–water partition coefficient (Wildman–Crippen LogP) is 2.40. The molecule has 28 heavy (non-hydrogen) atoms. The summed E-state index contributed by atoms with van der Waals surface area (Å²) in [6.45, 7) is 3.66. The fourth-order valence-corrected chi connectivity index (χ4v) is 3.84. The number of carbonyl (C=O) groups excluding carboxylic acids is 1. The normalized spacial score (nSPS) is 13.7. The number of imidazole rings is 1. The van der Waals surface area contributed by atoms with Crippen LogP contribution in [0.15, 0.2) is 40.3 Å². The highest BCUT2D eigenvalue weighted by Gasteiger charge is 2.29. The summed E-state index contributed by atoms with van der Waals surface area (Å²) in [5.74, 6) is 1.00. The number of fused-ring (bicyclic) bond motifs is 1. The van der Waals surface area contributed by atoms with Crippen LogP contribution in [0.25, 0.3) is 11.2 Å². The van der Waals surface area contributed by atoms with Gasteiger partial charge in [0.15, 0.2) is 16.6 Å². The summed E-state index contributed by atoms with van der Waals surface area (Å²) < 4.78 is 2.64. The van der Waals surface area contributed by atoms with E-state index in [-0.39, 0.29) is 11.8 Å². The van der Waals surface area contributed by atoms with Gasteiger partial charge in [0.2, 0.25) is 0 Å². The maximum Gasteiger partial charge on any atom is 0.339 e. The Bertz CT molecular complexity index is 1070. The Hall–Kier alpha value is -2.81.